The van der Waals surface area contributed by atoms with Gasteiger partial charge < -0.3 is 14.7 Å². The van der Waals surface area contributed by atoms with Crippen LogP contribution in [0.15, 0.2) is 48.0 Å². The van der Waals surface area contributed by atoms with Gasteiger partial charge in [0, 0.05) is 11.6 Å². The van der Waals surface area contributed by atoms with Crippen LogP contribution in [0.2, 0.25) is 0 Å². The molecule has 0 radical (unpaired) electrons. The van der Waals surface area contributed by atoms with Crippen LogP contribution in [0.5, 0.6) is 5.75 Å². The highest BCUT2D eigenvalue weighted by molar-refractivity contribution is 6.46. The van der Waals surface area contributed by atoms with Crippen molar-refractivity contribution in [1.29, 1.82) is 0 Å². The summed E-state index contributed by atoms with van der Waals surface area (Å²) in [5, 5.41) is 11.4. The smallest absolute Gasteiger partial charge is 0.295 e. The Bertz CT molecular complexity index is 1100. The average Bonchev–Trinajstić information content (AvgIpc) is 3.14. The molecule has 0 aromatic heterocycles. The van der Waals surface area contributed by atoms with Gasteiger partial charge in [0.15, 0.2) is 0 Å². The highest BCUT2D eigenvalue weighted by atomic mass is 16.5. The fourth-order valence-corrected chi connectivity index (χ4v) is 5.51. The Hall–Kier alpha value is -3.08. The highest BCUT2D eigenvalue weighted by Crippen LogP contribution is 2.43. The monoisotopic (exact) mass is 445 g/mol. The molecule has 5 nitrogen and oxygen atoms in total. The number of rotatable bonds is 4. The van der Waals surface area contributed by atoms with Gasteiger partial charge in [-0.3, -0.25) is 9.59 Å². The molecule has 2 heterocycles. The number of Topliss-reactive ketones (excluding diaryl/α,β-unsaturated/α-hetero) is 1. The Labute approximate surface area is 195 Å². The van der Waals surface area contributed by atoms with E-state index in [4.69, 9.17) is 4.74 Å². The summed E-state index contributed by atoms with van der Waals surface area (Å²) < 4.78 is 5.70. The molecule has 5 heteroatoms. The number of aliphatic hydroxyl groups excluding tert-OH is 1. The lowest BCUT2D eigenvalue weighted by atomic mass is 9.90. The van der Waals surface area contributed by atoms with Gasteiger partial charge in [-0.1, -0.05) is 50.5 Å². The second kappa shape index (κ2) is 9.05. The van der Waals surface area contributed by atoms with Crippen molar-refractivity contribution in [3.63, 3.8) is 0 Å². The van der Waals surface area contributed by atoms with Crippen LogP contribution in [-0.4, -0.2) is 34.3 Å². The van der Waals surface area contributed by atoms with E-state index in [9.17, 15) is 14.7 Å². The number of aryl methyl sites for hydroxylation is 2. The predicted molar refractivity (Wildman–Crippen MR) is 127 cm³/mol. The normalized spacial score (nSPS) is 22.8. The number of aliphatic hydroxyl groups is 1. The lowest BCUT2D eigenvalue weighted by molar-refractivity contribution is -0.141. The molecule has 2 fully saturated rings. The van der Waals surface area contributed by atoms with Crippen LogP contribution >= 0.6 is 0 Å². The van der Waals surface area contributed by atoms with Crippen LogP contribution in [0.3, 0.4) is 0 Å². The van der Waals surface area contributed by atoms with Crippen LogP contribution in [0, 0.1) is 0 Å². The number of hydrogen-bond acceptors (Lipinski definition) is 4. The second-order valence-electron chi connectivity index (χ2n) is 9.37. The third kappa shape index (κ3) is 3.94. The van der Waals surface area contributed by atoms with Crippen molar-refractivity contribution in [3.05, 3.63) is 70.3 Å². The standard InChI is InChI=1S/C28H31NO4/c1-2-18-10-12-19(13-11-18)25-24(27(31)28(32)29(25)22-8-4-3-5-9-22)26(30)21-14-15-23-20(17-21)7-6-16-33-23/h10-15,17,22,25,30H,2-9,16H2,1H3/b26-24-. The van der Waals surface area contributed by atoms with Crippen molar-refractivity contribution < 1.29 is 19.4 Å². The molecule has 1 unspecified atom stereocenters. The van der Waals surface area contributed by atoms with E-state index in [0.29, 0.717) is 12.2 Å². The molecule has 0 bridgehead atoms. The SMILES string of the molecule is CCc1ccc(C2/C(=C(/O)c3ccc4c(c3)CCCO4)C(=O)C(=O)N2C2CCCCC2)cc1. The van der Waals surface area contributed by atoms with Crippen molar-refractivity contribution in [3.8, 4) is 5.75 Å². The first-order valence-corrected chi connectivity index (χ1v) is 12.2. The third-order valence-electron chi connectivity index (χ3n) is 7.33. The van der Waals surface area contributed by atoms with E-state index < -0.39 is 17.7 Å². The second-order valence-corrected chi connectivity index (χ2v) is 9.37. The van der Waals surface area contributed by atoms with Gasteiger partial charge in [-0.25, -0.2) is 0 Å². The van der Waals surface area contributed by atoms with Crippen molar-refractivity contribution in [2.45, 2.75) is 70.4 Å². The Kier molecular flexibility index (Phi) is 5.96. The van der Waals surface area contributed by atoms with Crippen LogP contribution in [0.25, 0.3) is 5.76 Å². The summed E-state index contributed by atoms with van der Waals surface area (Å²) in [6, 6.07) is 13.1. The molecule has 1 saturated carbocycles. The summed E-state index contributed by atoms with van der Waals surface area (Å²) in [6.07, 6.45) is 7.77. The minimum Gasteiger partial charge on any atom is -0.507 e. The van der Waals surface area contributed by atoms with Gasteiger partial charge in [0.05, 0.1) is 18.2 Å². The summed E-state index contributed by atoms with van der Waals surface area (Å²) in [5.41, 5.74) is 3.86. The van der Waals surface area contributed by atoms with E-state index in [1.165, 1.54) is 5.56 Å². The van der Waals surface area contributed by atoms with Crippen molar-refractivity contribution in [2.24, 2.45) is 0 Å². The fraction of sp³-hybridized carbons (Fsp3) is 0.429. The average molecular weight is 446 g/mol. The maximum atomic E-state index is 13.3. The Morgan fingerprint density at radius 3 is 2.52 bits per heavy atom. The van der Waals surface area contributed by atoms with Gasteiger partial charge in [0.2, 0.25) is 0 Å². The van der Waals surface area contributed by atoms with Gasteiger partial charge in [-0.2, -0.15) is 0 Å². The molecule has 1 N–H and O–H groups in total. The fourth-order valence-electron chi connectivity index (χ4n) is 5.51. The summed E-state index contributed by atoms with van der Waals surface area (Å²) in [6.45, 7) is 2.79. The van der Waals surface area contributed by atoms with Crippen molar-refractivity contribution in [1.82, 2.24) is 4.90 Å². The van der Waals surface area contributed by atoms with E-state index in [2.05, 4.69) is 6.92 Å². The maximum Gasteiger partial charge on any atom is 0.295 e. The van der Waals surface area contributed by atoms with Gasteiger partial charge in [-0.15, -0.1) is 0 Å². The number of benzene rings is 2. The number of hydrogen-bond donors (Lipinski definition) is 1. The largest absolute Gasteiger partial charge is 0.507 e. The quantitative estimate of drug-likeness (QED) is 0.392. The van der Waals surface area contributed by atoms with Gasteiger partial charge >= 0.3 is 0 Å². The molecule has 5 rings (SSSR count). The van der Waals surface area contributed by atoms with E-state index in [1.807, 2.05) is 36.4 Å². The summed E-state index contributed by atoms with van der Waals surface area (Å²) in [7, 11) is 0. The molecule has 33 heavy (non-hydrogen) atoms. The lowest BCUT2D eigenvalue weighted by Gasteiger charge is -2.35. The van der Waals surface area contributed by atoms with E-state index in [-0.39, 0.29) is 17.4 Å². The summed E-state index contributed by atoms with van der Waals surface area (Å²) in [4.78, 5) is 28.4. The lowest BCUT2D eigenvalue weighted by Crippen LogP contribution is -2.40. The van der Waals surface area contributed by atoms with Crippen LogP contribution in [-0.2, 0) is 22.4 Å². The van der Waals surface area contributed by atoms with Crippen molar-refractivity contribution in [2.75, 3.05) is 6.61 Å². The van der Waals surface area contributed by atoms with E-state index in [0.717, 1.165) is 68.2 Å². The Morgan fingerprint density at radius 1 is 1.03 bits per heavy atom. The molecule has 0 spiro atoms. The van der Waals surface area contributed by atoms with Crippen molar-refractivity contribution >= 4 is 17.4 Å². The zero-order chi connectivity index (χ0) is 22.9. The molecule has 2 aromatic rings. The first-order chi connectivity index (χ1) is 16.1. The first kappa shape index (κ1) is 21.7. The molecule has 2 aromatic carbocycles. The molecule has 2 aliphatic heterocycles. The minimum atomic E-state index is -0.586. The number of likely N-dealkylation sites (tertiary alicyclic amines) is 1. The molecule has 172 valence electrons. The highest BCUT2D eigenvalue weighted by Gasteiger charge is 2.48. The number of carbonyl (C=O) groups excluding carboxylic acids is 2. The van der Waals surface area contributed by atoms with Gasteiger partial charge in [0.25, 0.3) is 11.7 Å². The van der Waals surface area contributed by atoms with E-state index in [1.54, 1.807) is 11.0 Å². The number of carbonyl (C=O) groups is 2. The zero-order valence-corrected chi connectivity index (χ0v) is 19.2. The third-order valence-corrected chi connectivity index (χ3v) is 7.33. The van der Waals surface area contributed by atoms with Crippen LogP contribution < -0.4 is 4.74 Å². The Morgan fingerprint density at radius 2 is 1.79 bits per heavy atom. The molecule has 3 aliphatic rings. The molecule has 1 amide bonds. The summed E-state index contributed by atoms with van der Waals surface area (Å²) in [5.74, 6) is -0.345. The van der Waals surface area contributed by atoms with Crippen LogP contribution in [0.1, 0.15) is 73.7 Å². The first-order valence-electron chi connectivity index (χ1n) is 12.2. The number of ketones is 1. The Balaban J connectivity index is 1.62. The topological polar surface area (TPSA) is 66.8 Å². The van der Waals surface area contributed by atoms with E-state index >= 15 is 0 Å². The summed E-state index contributed by atoms with van der Waals surface area (Å²) >= 11 is 0. The predicted octanol–water partition coefficient (Wildman–Crippen LogP) is 5.33. The number of fused-ring (bicyclic) bond motifs is 1. The number of ether oxygens (including phenoxy) is 1. The number of nitrogens with zero attached hydrogens (tertiary/aromatic N) is 1. The van der Waals surface area contributed by atoms with Gasteiger partial charge in [-0.05, 0) is 67.0 Å². The molecule has 1 atom stereocenters. The molecule has 1 aliphatic carbocycles. The number of amides is 1. The molecule has 1 saturated heterocycles. The maximum absolute atomic E-state index is 13.3. The minimum absolute atomic E-state index is 0.0216. The zero-order valence-electron chi connectivity index (χ0n) is 19.2. The molecular weight excluding hydrogens is 414 g/mol. The van der Waals surface area contributed by atoms with Gasteiger partial charge in [0.1, 0.15) is 11.5 Å². The van der Waals surface area contributed by atoms with Crippen LogP contribution in [0.4, 0.5) is 0 Å². The molecular formula is C28H31NO4.